The topological polar surface area (TPSA) is 80.8 Å². The number of aryl methyl sites for hydroxylation is 9. The molecule has 10 rings (SSSR count). The standard InChI is InChI=1S/C30H38O.C20H31F.C10H12.C9H9F.C6F5N.C6H8N.CO2.Mo/c1-7-20-16-22(9-3)28(23(10-4)17-20)26-14-13-15-27(30(26)31)29-24(11-5)18-21(8-2)19-25(29)12-6;1-18(2)9-5-10-20(4)16-8-11-19(3,12-13-21)14-15(16)6-7-17(18)20;1-10(2,3)9-7-5-4-6-8-9;1-8-2-4-9(5-3-8)6-7-10;7-1-2(8)4(10)6(12)5(11)3(1)9;1-5-3-4-6(2)7-5;2-1-3;/h13-19,31H,7-12H2,1-6H3;6,12-13,16-17H,5,7-11,14H2,1-4H3;1,4-8H,2-3H3;2-7H,1H3;;3-4H,1-2H3;;/q;;;;;-1;;/b;13-12+;;7-6+;;;;. The Morgan fingerprint density at radius 3 is 1.55 bits per heavy atom. The predicted octanol–water partition coefficient (Wildman–Crippen LogP) is 23.2. The summed E-state index contributed by atoms with van der Waals surface area (Å²) >= 11 is -1.47. The van der Waals surface area contributed by atoms with E-state index in [-0.39, 0.29) is 11.6 Å². The molecule has 0 radical (unpaired) electrons. The van der Waals surface area contributed by atoms with E-state index in [4.69, 9.17) is 9.59 Å². The average Bonchev–Trinajstić information content (AvgIpc) is 0.746. The number of phenolic OH excluding ortho intramolecular Hbond substituents is 1. The van der Waals surface area contributed by atoms with Gasteiger partial charge in [0.25, 0.3) is 0 Å². The summed E-state index contributed by atoms with van der Waals surface area (Å²) < 4.78 is 96.0. The minimum absolute atomic E-state index is 0.0461. The minimum Gasteiger partial charge on any atom is -0.665 e. The molecule has 3 aliphatic rings. The Morgan fingerprint density at radius 2 is 1.12 bits per heavy atom. The normalized spacial score (nSPS) is 18.4. The number of halogens is 7. The fourth-order valence-corrected chi connectivity index (χ4v) is 15.8. The molecule has 1 N–H and O–H groups in total. The van der Waals surface area contributed by atoms with Crippen molar-refractivity contribution < 1.29 is 63.3 Å². The Labute approximate surface area is 569 Å². The molecule has 0 spiro atoms. The number of benzene rings is 6. The summed E-state index contributed by atoms with van der Waals surface area (Å²) in [5, 5.41) is 11.6. The van der Waals surface area contributed by atoms with Gasteiger partial charge in [-0.05, 0) is 174 Å². The Hall–Kier alpha value is -7.13. The van der Waals surface area contributed by atoms with Gasteiger partial charge in [-0.3, -0.25) is 0 Å². The molecule has 6 aromatic carbocycles. The van der Waals surface area contributed by atoms with E-state index >= 15 is 0 Å². The van der Waals surface area contributed by atoms with E-state index in [2.05, 4.69) is 126 Å². The fourth-order valence-electron chi connectivity index (χ4n) is 14.0. The van der Waals surface area contributed by atoms with Gasteiger partial charge in [0, 0.05) is 11.1 Å². The molecule has 510 valence electrons. The maximum atomic E-state index is 13.5. The number of hydrogen-bond donors (Lipinski definition) is 1. The second-order valence-corrected chi connectivity index (χ2v) is 28.4. The van der Waals surface area contributed by atoms with Crippen LogP contribution >= 0.6 is 0 Å². The quantitative estimate of drug-likeness (QED) is 0.0410. The third kappa shape index (κ3) is 20.2. The Balaban J connectivity index is 0.000000227. The first-order valence-corrected chi connectivity index (χ1v) is 35.4. The van der Waals surface area contributed by atoms with Crippen LogP contribution in [0.4, 0.5) is 36.4 Å². The number of rotatable bonds is 13. The van der Waals surface area contributed by atoms with Crippen LogP contribution in [0.2, 0.25) is 0 Å². The van der Waals surface area contributed by atoms with Gasteiger partial charge in [-0.15, -0.1) is 0 Å². The van der Waals surface area contributed by atoms with E-state index in [0.717, 1.165) is 103 Å². The molecule has 0 saturated heterocycles. The minimum atomic E-state index is -2.17. The number of aromatic hydroxyl groups is 1. The van der Waals surface area contributed by atoms with Crippen LogP contribution in [0.15, 0.2) is 143 Å². The van der Waals surface area contributed by atoms with Crippen molar-refractivity contribution in [3.8, 4) is 28.0 Å². The molecule has 1 heterocycles. The van der Waals surface area contributed by atoms with E-state index in [1.165, 1.54) is 88.3 Å². The van der Waals surface area contributed by atoms with Crippen molar-refractivity contribution in [1.29, 1.82) is 0 Å². The molecule has 1 aromatic heterocycles. The first-order valence-electron chi connectivity index (χ1n) is 33.4. The summed E-state index contributed by atoms with van der Waals surface area (Å²) in [6, 6.07) is 36.6. The molecule has 5 nitrogen and oxygen atoms in total. The van der Waals surface area contributed by atoms with Crippen LogP contribution < -0.4 is 4.98 Å². The Kier molecular flexibility index (Phi) is 30.0. The van der Waals surface area contributed by atoms with Crippen LogP contribution in [0.25, 0.3) is 28.3 Å². The van der Waals surface area contributed by atoms with Crippen molar-refractivity contribution in [2.75, 3.05) is 0 Å². The first kappa shape index (κ1) is 78.6. The molecule has 0 amide bonds. The summed E-state index contributed by atoms with van der Waals surface area (Å²) in [6.07, 6.45) is 22.1. The summed E-state index contributed by atoms with van der Waals surface area (Å²) in [7, 11) is 0. The molecule has 0 bridgehead atoms. The van der Waals surface area contributed by atoms with Crippen LogP contribution in [0.1, 0.15) is 189 Å². The summed E-state index contributed by atoms with van der Waals surface area (Å²) in [4.78, 5) is 20.4. The van der Waals surface area contributed by atoms with Crippen molar-refractivity contribution >= 4 is 22.3 Å². The second kappa shape index (κ2) is 36.3. The molecule has 2 fully saturated rings. The summed E-state index contributed by atoms with van der Waals surface area (Å²) in [5.74, 6) is -7.91. The zero-order valence-electron chi connectivity index (χ0n) is 58.4. The molecule has 13 heteroatoms. The van der Waals surface area contributed by atoms with Gasteiger partial charge < -0.3 is 10.1 Å². The molecular formula is C82H98F7MoN2O3-. The first-order chi connectivity index (χ1) is 45.1. The zero-order chi connectivity index (χ0) is 70.4. The third-order valence-electron chi connectivity index (χ3n) is 19.3. The smallest absolute Gasteiger partial charge is 0.373 e. The molecular weight excluding hydrogens is 1290 g/mol. The van der Waals surface area contributed by atoms with Gasteiger partial charge in [0.2, 0.25) is 0 Å². The Morgan fingerprint density at radius 1 is 0.632 bits per heavy atom. The number of para-hydroxylation sites is 1. The van der Waals surface area contributed by atoms with Gasteiger partial charge in [-0.1, -0.05) is 186 Å². The molecule has 3 aliphatic carbocycles. The number of aromatic nitrogens is 1. The van der Waals surface area contributed by atoms with E-state index < -0.39 is 58.1 Å². The van der Waals surface area contributed by atoms with Gasteiger partial charge in [-0.2, -0.15) is 21.0 Å². The molecule has 7 aromatic rings. The van der Waals surface area contributed by atoms with Crippen LogP contribution in [-0.2, 0) is 71.4 Å². The number of carbonyl (C=O) groups excluding carboxylic acids is 2. The third-order valence-corrected chi connectivity index (χ3v) is 21.7. The van der Waals surface area contributed by atoms with E-state index in [0.29, 0.717) is 22.9 Å². The maximum absolute atomic E-state index is 13.5. The predicted molar refractivity (Wildman–Crippen MR) is 372 cm³/mol. The number of phenols is 1. The number of fused-ring (bicyclic) bond motifs is 3. The largest absolute Gasteiger partial charge is 0.665 e. The van der Waals surface area contributed by atoms with Gasteiger partial charge in [-0.25, -0.2) is 8.78 Å². The van der Waals surface area contributed by atoms with Crippen molar-refractivity contribution in [2.24, 2.45) is 31.6 Å². The van der Waals surface area contributed by atoms with Gasteiger partial charge in [0.15, 0.2) is 0 Å². The van der Waals surface area contributed by atoms with Crippen LogP contribution in [0.3, 0.4) is 0 Å². The maximum Gasteiger partial charge on any atom is 0.373 e. The van der Waals surface area contributed by atoms with Crippen molar-refractivity contribution in [2.45, 2.75) is 193 Å². The molecule has 4 unspecified atom stereocenters. The van der Waals surface area contributed by atoms with E-state index in [9.17, 15) is 35.8 Å². The number of nitrogens with zero attached hydrogens (tertiary/aromatic N) is 2. The average molecular weight is 1390 g/mol. The van der Waals surface area contributed by atoms with Gasteiger partial charge >= 0.3 is 144 Å². The van der Waals surface area contributed by atoms with Crippen molar-refractivity contribution in [3.05, 3.63) is 230 Å². The van der Waals surface area contributed by atoms with E-state index in [1.807, 2.05) is 101 Å². The monoisotopic (exact) mass is 1390 g/mol. The SMILES string of the molecule is CC(C)([CH]=[Mo]=[N]c1c(F)c(F)c(F)c(F)c1F)c1ccccc1.CC1(/C=C/F)CCC2C(=CCC3C(C)(C)CCCC23C)C1.CCc1cc(CC)c(-c2cccc(-c3c(CC)cc(CC)cc3CC)c2O)c(CC)c1.Cc1ccc(/C=C/F)cc1.Cc1ccc(C)[n-]1.O=C=O. The summed E-state index contributed by atoms with van der Waals surface area (Å²) in [6.45, 7) is 32.8. The zero-order valence-corrected chi connectivity index (χ0v) is 60.4. The van der Waals surface area contributed by atoms with Crippen LogP contribution in [0.5, 0.6) is 5.75 Å². The number of hydrogen-bond acceptors (Lipinski definition) is 4. The van der Waals surface area contributed by atoms with Crippen molar-refractivity contribution in [3.63, 3.8) is 0 Å². The van der Waals surface area contributed by atoms with Crippen molar-refractivity contribution in [1.82, 2.24) is 4.98 Å². The molecule has 95 heavy (non-hydrogen) atoms. The fraction of sp³-hybridized carbons (Fsp3) is 0.415. The molecule has 4 atom stereocenters. The Bertz CT molecular complexity index is 3690. The number of allylic oxidation sites excluding steroid dienone is 3. The van der Waals surface area contributed by atoms with Crippen LogP contribution in [0, 0.1) is 77.9 Å². The molecule has 2 saturated carbocycles. The van der Waals surface area contributed by atoms with Gasteiger partial charge in [0.1, 0.15) is 5.75 Å². The molecule has 0 aliphatic heterocycles. The second-order valence-electron chi connectivity index (χ2n) is 26.9. The van der Waals surface area contributed by atoms with Crippen LogP contribution in [-0.4, -0.2) is 15.7 Å². The summed E-state index contributed by atoms with van der Waals surface area (Å²) in [5.41, 5.74) is 18.9. The van der Waals surface area contributed by atoms with Gasteiger partial charge in [0.05, 0.1) is 12.7 Å². The van der Waals surface area contributed by atoms with E-state index in [1.54, 1.807) is 16.0 Å².